The molecule has 2 aliphatic heterocycles. The van der Waals surface area contributed by atoms with Gasteiger partial charge in [0.15, 0.2) is 0 Å². The van der Waals surface area contributed by atoms with Gasteiger partial charge in [-0.3, -0.25) is 9.69 Å². The number of hydrogen-bond acceptors (Lipinski definition) is 5. The van der Waals surface area contributed by atoms with Gasteiger partial charge in [0.25, 0.3) is 5.91 Å². The Balaban J connectivity index is 0.000000318. The van der Waals surface area contributed by atoms with E-state index in [4.69, 9.17) is 19.4 Å². The van der Waals surface area contributed by atoms with Gasteiger partial charge >= 0.3 is 12.1 Å². The molecule has 1 spiro atoms. The highest BCUT2D eigenvalue weighted by atomic mass is 19.4. The van der Waals surface area contributed by atoms with Crippen LogP contribution in [-0.2, 0) is 19.1 Å². The summed E-state index contributed by atoms with van der Waals surface area (Å²) in [6.45, 7) is 4.95. The number of alkyl halides is 3. The first kappa shape index (κ1) is 22.5. The van der Waals surface area contributed by atoms with Crippen molar-refractivity contribution in [2.45, 2.75) is 24.6 Å². The van der Waals surface area contributed by atoms with Crippen LogP contribution in [0.5, 0.6) is 0 Å². The van der Waals surface area contributed by atoms with Crippen molar-refractivity contribution in [1.29, 1.82) is 0 Å². The molecule has 0 radical (unpaired) electrons. The monoisotopic (exact) mass is 430 g/mol. The Kier molecular flexibility index (Phi) is 6.99. The van der Waals surface area contributed by atoms with Crippen molar-refractivity contribution in [3.8, 4) is 0 Å². The first-order valence-corrected chi connectivity index (χ1v) is 9.78. The van der Waals surface area contributed by atoms with E-state index >= 15 is 0 Å². The van der Waals surface area contributed by atoms with Gasteiger partial charge in [0.2, 0.25) is 0 Å². The van der Waals surface area contributed by atoms with E-state index in [-0.39, 0.29) is 12.5 Å². The van der Waals surface area contributed by atoms with Crippen molar-refractivity contribution >= 4 is 17.6 Å². The van der Waals surface area contributed by atoms with Crippen LogP contribution in [-0.4, -0.2) is 79.7 Å². The Hall–Kier alpha value is -2.17. The molecule has 30 heavy (non-hydrogen) atoms. The maximum atomic E-state index is 12.3. The number of amides is 1. The lowest BCUT2D eigenvalue weighted by Gasteiger charge is -2.43. The first-order valence-electron chi connectivity index (χ1n) is 9.78. The fourth-order valence-corrected chi connectivity index (χ4v) is 3.55. The van der Waals surface area contributed by atoms with Gasteiger partial charge in [-0.15, -0.1) is 0 Å². The summed E-state index contributed by atoms with van der Waals surface area (Å²) in [6, 6.07) is 9.87. The van der Waals surface area contributed by atoms with Gasteiger partial charge in [-0.2, -0.15) is 13.2 Å². The highest BCUT2D eigenvalue weighted by Gasteiger charge is 2.44. The van der Waals surface area contributed by atoms with E-state index in [9.17, 15) is 18.0 Å². The number of carboxylic acid groups (broad SMARTS) is 1. The maximum Gasteiger partial charge on any atom is 0.490 e. The van der Waals surface area contributed by atoms with Crippen LogP contribution in [0.3, 0.4) is 0 Å². The minimum absolute atomic E-state index is 0.0276. The third-order valence-corrected chi connectivity index (χ3v) is 5.20. The number of rotatable bonds is 3. The molecule has 1 aliphatic carbocycles. The fraction of sp³-hybridized carbons (Fsp3) is 0.600. The molecule has 3 aliphatic rings. The Morgan fingerprint density at radius 3 is 2.47 bits per heavy atom. The molecule has 1 aromatic carbocycles. The van der Waals surface area contributed by atoms with Crippen molar-refractivity contribution in [3.05, 3.63) is 30.3 Å². The normalized spacial score (nSPS) is 25.4. The van der Waals surface area contributed by atoms with E-state index < -0.39 is 17.7 Å². The van der Waals surface area contributed by atoms with E-state index in [2.05, 4.69) is 4.90 Å². The predicted molar refractivity (Wildman–Crippen MR) is 101 cm³/mol. The topological polar surface area (TPSA) is 79.3 Å². The Morgan fingerprint density at radius 2 is 1.87 bits per heavy atom. The van der Waals surface area contributed by atoms with E-state index in [0.29, 0.717) is 13.2 Å². The van der Waals surface area contributed by atoms with Crippen LogP contribution in [0, 0.1) is 5.92 Å². The van der Waals surface area contributed by atoms with Crippen molar-refractivity contribution < 1.29 is 37.3 Å². The molecule has 0 bridgehead atoms. The van der Waals surface area contributed by atoms with Crippen LogP contribution in [0.2, 0.25) is 0 Å². The van der Waals surface area contributed by atoms with E-state index in [1.54, 1.807) is 0 Å². The lowest BCUT2D eigenvalue weighted by molar-refractivity contribution is -0.192. The van der Waals surface area contributed by atoms with Crippen molar-refractivity contribution in [2.24, 2.45) is 5.92 Å². The second-order valence-corrected chi connectivity index (χ2v) is 7.82. The minimum atomic E-state index is -5.08. The van der Waals surface area contributed by atoms with Crippen LogP contribution in [0.4, 0.5) is 18.9 Å². The van der Waals surface area contributed by atoms with Gasteiger partial charge in [0.1, 0.15) is 12.2 Å². The molecule has 7 nitrogen and oxygen atoms in total. The molecular weight excluding hydrogens is 405 g/mol. The van der Waals surface area contributed by atoms with Gasteiger partial charge in [-0.25, -0.2) is 4.79 Å². The summed E-state index contributed by atoms with van der Waals surface area (Å²) in [5.74, 6) is -1.88. The highest BCUT2D eigenvalue weighted by Crippen LogP contribution is 2.32. The van der Waals surface area contributed by atoms with Crippen LogP contribution in [0.15, 0.2) is 30.3 Å². The second kappa shape index (κ2) is 9.32. The van der Waals surface area contributed by atoms with Crippen LogP contribution in [0.25, 0.3) is 0 Å². The number of para-hydroxylation sites is 1. The number of carboxylic acids is 1. The zero-order valence-corrected chi connectivity index (χ0v) is 16.4. The molecule has 1 saturated carbocycles. The lowest BCUT2D eigenvalue weighted by atomic mass is 10.0. The summed E-state index contributed by atoms with van der Waals surface area (Å²) in [5, 5.41) is 7.12. The highest BCUT2D eigenvalue weighted by molar-refractivity contribution is 5.95. The van der Waals surface area contributed by atoms with Crippen molar-refractivity contribution in [1.82, 2.24) is 4.90 Å². The summed E-state index contributed by atoms with van der Waals surface area (Å²) in [5.41, 5.74) is 0.535. The number of carbonyl (C=O) groups excluding carboxylic acids is 1. The summed E-state index contributed by atoms with van der Waals surface area (Å²) < 4.78 is 43.6. The number of nitrogens with zero attached hydrogens (tertiary/aromatic N) is 2. The molecule has 1 aromatic rings. The molecule has 1 unspecified atom stereocenters. The van der Waals surface area contributed by atoms with E-state index in [0.717, 1.165) is 37.8 Å². The molecule has 3 fully saturated rings. The van der Waals surface area contributed by atoms with Crippen LogP contribution in [0.1, 0.15) is 12.8 Å². The average Bonchev–Trinajstić information content (AvgIpc) is 3.53. The molecule has 2 heterocycles. The molecule has 1 amide bonds. The molecule has 10 heteroatoms. The molecular formula is C20H25F3N2O5. The van der Waals surface area contributed by atoms with Gasteiger partial charge in [-0.1, -0.05) is 18.2 Å². The zero-order chi connectivity index (χ0) is 21.8. The third-order valence-electron chi connectivity index (χ3n) is 5.20. The standard InChI is InChI=1S/C18H24N2O3.C2HF3O2/c21-17-11-23-18(13-20(17)16-4-2-1-3-5-16)12-19(8-9-22-14-18)10-15-6-7-15;3-2(4,5)1(6)7/h1-5,15H,6-14H2;(H,6,7). The molecule has 4 rings (SSSR count). The van der Waals surface area contributed by atoms with E-state index in [1.807, 2.05) is 35.2 Å². The average molecular weight is 430 g/mol. The number of ether oxygens (including phenoxy) is 2. The van der Waals surface area contributed by atoms with Gasteiger partial charge < -0.3 is 19.5 Å². The Labute approximate surface area is 172 Å². The fourth-order valence-electron chi connectivity index (χ4n) is 3.55. The zero-order valence-electron chi connectivity index (χ0n) is 16.4. The van der Waals surface area contributed by atoms with Crippen molar-refractivity contribution in [2.75, 3.05) is 50.9 Å². The van der Waals surface area contributed by atoms with E-state index in [1.165, 1.54) is 12.8 Å². The summed E-state index contributed by atoms with van der Waals surface area (Å²) >= 11 is 0. The third kappa shape index (κ3) is 6.16. The van der Waals surface area contributed by atoms with Gasteiger partial charge in [0, 0.05) is 25.3 Å². The SMILES string of the molecule is O=C(O)C(F)(F)F.O=C1COC2(COCCN(CC3CC3)C2)CN1c1ccccc1. The van der Waals surface area contributed by atoms with Crippen LogP contribution < -0.4 is 4.90 Å². The number of carbonyl (C=O) groups is 2. The lowest BCUT2D eigenvalue weighted by Crippen LogP contribution is -2.61. The van der Waals surface area contributed by atoms with Crippen LogP contribution >= 0.6 is 0 Å². The minimum Gasteiger partial charge on any atom is -0.475 e. The Bertz CT molecular complexity index is 742. The molecule has 1 atom stereocenters. The molecule has 166 valence electrons. The predicted octanol–water partition coefficient (Wildman–Crippen LogP) is 2.16. The van der Waals surface area contributed by atoms with Gasteiger partial charge in [0.05, 0.1) is 19.8 Å². The quantitative estimate of drug-likeness (QED) is 0.792. The maximum absolute atomic E-state index is 12.3. The number of anilines is 1. The molecule has 0 aromatic heterocycles. The summed E-state index contributed by atoms with van der Waals surface area (Å²) in [7, 11) is 0. The smallest absolute Gasteiger partial charge is 0.475 e. The van der Waals surface area contributed by atoms with Gasteiger partial charge in [-0.05, 0) is 30.9 Å². The molecule has 2 saturated heterocycles. The number of aliphatic carboxylic acids is 1. The largest absolute Gasteiger partial charge is 0.490 e. The number of benzene rings is 1. The summed E-state index contributed by atoms with van der Waals surface area (Å²) in [4.78, 5) is 25.5. The van der Waals surface area contributed by atoms with Crippen molar-refractivity contribution in [3.63, 3.8) is 0 Å². The summed E-state index contributed by atoms with van der Waals surface area (Å²) in [6.07, 6.45) is -2.39. The number of hydrogen-bond donors (Lipinski definition) is 1. The number of halogens is 3. The Morgan fingerprint density at radius 1 is 1.20 bits per heavy atom. The first-order chi connectivity index (χ1) is 14.2. The molecule has 1 N–H and O–H groups in total. The number of morpholine rings is 1. The second-order valence-electron chi connectivity index (χ2n) is 7.82.